The zero-order chi connectivity index (χ0) is 16.1. The fourth-order valence-corrected chi connectivity index (χ4v) is 2.29. The summed E-state index contributed by atoms with van der Waals surface area (Å²) in [5.41, 5.74) is 2.27. The largest absolute Gasteiger partial charge is 0.450 e. The van der Waals surface area contributed by atoms with Crippen LogP contribution in [0.2, 0.25) is 0 Å². The molecule has 0 aliphatic rings. The van der Waals surface area contributed by atoms with Crippen molar-refractivity contribution in [1.82, 2.24) is 10.3 Å². The van der Waals surface area contributed by atoms with Gasteiger partial charge < -0.3 is 15.0 Å². The molecule has 0 fully saturated rings. The summed E-state index contributed by atoms with van der Waals surface area (Å²) in [6, 6.07) is 9.13. The summed E-state index contributed by atoms with van der Waals surface area (Å²) < 4.78 is 4.86. The summed E-state index contributed by atoms with van der Waals surface area (Å²) in [5.74, 6) is -0.202. The first-order valence-electron chi connectivity index (χ1n) is 7.21. The molecule has 0 saturated carbocycles. The zero-order valence-corrected chi connectivity index (χ0v) is 12.8. The number of hydrogen-bond donors (Lipinski definition) is 2. The number of fused-ring (bicyclic) bond motifs is 1. The van der Waals surface area contributed by atoms with Crippen LogP contribution in [0.1, 0.15) is 19.5 Å². The normalized spacial score (nSPS) is 11.9. The number of carbonyl (C=O) groups is 2. The lowest BCUT2D eigenvalue weighted by Crippen LogP contribution is -2.43. The molecule has 0 saturated heterocycles. The Morgan fingerprint density at radius 2 is 2.09 bits per heavy atom. The number of aromatic amines is 1. The highest BCUT2D eigenvalue weighted by Crippen LogP contribution is 2.16. The minimum Gasteiger partial charge on any atom is -0.450 e. The summed E-state index contributed by atoms with van der Waals surface area (Å²) in [6.07, 6.45) is -0.239. The van der Waals surface area contributed by atoms with Gasteiger partial charge in [0.25, 0.3) is 0 Å². The van der Waals surface area contributed by atoms with E-state index in [1.807, 2.05) is 30.3 Å². The van der Waals surface area contributed by atoms with Crippen molar-refractivity contribution in [3.63, 3.8) is 0 Å². The van der Waals surface area contributed by atoms with Crippen LogP contribution >= 0.6 is 0 Å². The number of amides is 1. The van der Waals surface area contributed by atoms with E-state index in [2.05, 4.69) is 16.9 Å². The third-order valence-electron chi connectivity index (χ3n) is 3.31. The fraction of sp³-hybridized carbons (Fsp3) is 0.294. The molecule has 2 aromatic rings. The summed E-state index contributed by atoms with van der Waals surface area (Å²) >= 11 is 0. The molecule has 1 amide bonds. The molecular formula is C17H20N2O3. The van der Waals surface area contributed by atoms with Gasteiger partial charge in [-0.2, -0.15) is 0 Å². The van der Waals surface area contributed by atoms with Crippen molar-refractivity contribution < 1.29 is 14.3 Å². The molecule has 1 heterocycles. The van der Waals surface area contributed by atoms with Crippen molar-refractivity contribution in [3.8, 4) is 0 Å². The summed E-state index contributed by atoms with van der Waals surface area (Å²) in [4.78, 5) is 27.1. The van der Waals surface area contributed by atoms with Crippen molar-refractivity contribution in [3.05, 3.63) is 48.2 Å². The average Bonchev–Trinajstić information content (AvgIpc) is 2.88. The maximum Gasteiger partial charge on any atom is 0.407 e. The number of Topliss-reactive ketones (excluding diaryl/α,β-unsaturated/α-hetero) is 1. The van der Waals surface area contributed by atoms with Gasteiger partial charge in [-0.15, -0.1) is 0 Å². The van der Waals surface area contributed by atoms with Crippen LogP contribution in [0.3, 0.4) is 0 Å². The quantitative estimate of drug-likeness (QED) is 0.806. The molecule has 0 radical (unpaired) electrons. The van der Waals surface area contributed by atoms with Crippen LogP contribution in [-0.4, -0.2) is 29.5 Å². The van der Waals surface area contributed by atoms with E-state index in [-0.39, 0.29) is 12.4 Å². The third-order valence-corrected chi connectivity index (χ3v) is 3.31. The van der Waals surface area contributed by atoms with Gasteiger partial charge in [0.1, 0.15) is 6.04 Å². The maximum absolute atomic E-state index is 12.2. The Bertz CT molecular complexity index is 670. The molecule has 0 aliphatic heterocycles. The molecule has 2 N–H and O–H groups in total. The molecule has 1 aromatic carbocycles. The third kappa shape index (κ3) is 3.75. The van der Waals surface area contributed by atoms with Crippen LogP contribution in [0.25, 0.3) is 10.9 Å². The molecule has 1 atom stereocenters. The number of alkyl carbamates (subject to hydrolysis) is 1. The number of ether oxygens (including phenoxy) is 1. The monoisotopic (exact) mass is 300 g/mol. The number of aromatic nitrogens is 1. The molecule has 22 heavy (non-hydrogen) atoms. The van der Waals surface area contributed by atoms with Gasteiger partial charge in [-0.3, -0.25) is 4.79 Å². The number of ketones is 1. The van der Waals surface area contributed by atoms with E-state index >= 15 is 0 Å². The van der Waals surface area contributed by atoms with E-state index < -0.39 is 12.1 Å². The van der Waals surface area contributed by atoms with E-state index in [4.69, 9.17) is 4.74 Å². The van der Waals surface area contributed by atoms with Crippen molar-refractivity contribution in [2.75, 3.05) is 6.61 Å². The highest BCUT2D eigenvalue weighted by Gasteiger charge is 2.22. The molecule has 116 valence electrons. The Kier molecular flexibility index (Phi) is 4.99. The first-order valence-corrected chi connectivity index (χ1v) is 7.21. The predicted octanol–water partition coefficient (Wildman–Crippen LogP) is 2.97. The number of benzene rings is 1. The topological polar surface area (TPSA) is 71.2 Å². The molecule has 0 spiro atoms. The van der Waals surface area contributed by atoms with Crippen LogP contribution < -0.4 is 5.32 Å². The van der Waals surface area contributed by atoms with Crippen molar-refractivity contribution in [2.45, 2.75) is 26.3 Å². The highest BCUT2D eigenvalue weighted by molar-refractivity contribution is 6.00. The lowest BCUT2D eigenvalue weighted by atomic mass is 10.0. The Balaban J connectivity index is 2.19. The molecule has 5 nitrogen and oxygen atoms in total. The Morgan fingerprint density at radius 1 is 1.36 bits per heavy atom. The van der Waals surface area contributed by atoms with E-state index in [9.17, 15) is 9.59 Å². The number of carbonyl (C=O) groups excluding carboxylic acids is 2. The average molecular weight is 300 g/mol. The molecule has 2 rings (SSSR count). The van der Waals surface area contributed by atoms with Gasteiger partial charge >= 0.3 is 6.09 Å². The molecule has 1 aromatic heterocycles. The smallest absolute Gasteiger partial charge is 0.407 e. The molecule has 0 bridgehead atoms. The number of hydrogen-bond acceptors (Lipinski definition) is 3. The minimum atomic E-state index is -0.690. The lowest BCUT2D eigenvalue weighted by Gasteiger charge is -2.16. The van der Waals surface area contributed by atoms with E-state index in [0.717, 1.165) is 16.6 Å². The second-order valence-electron chi connectivity index (χ2n) is 5.15. The van der Waals surface area contributed by atoms with Crippen molar-refractivity contribution >= 4 is 22.8 Å². The van der Waals surface area contributed by atoms with Crippen LogP contribution in [-0.2, 0) is 16.0 Å². The predicted molar refractivity (Wildman–Crippen MR) is 85.8 cm³/mol. The van der Waals surface area contributed by atoms with Gasteiger partial charge in [0.05, 0.1) is 6.61 Å². The number of para-hydroxylation sites is 1. The first-order chi connectivity index (χ1) is 10.5. The number of nitrogens with one attached hydrogen (secondary N) is 2. The minimum absolute atomic E-state index is 0.202. The SMILES string of the molecule is C=C(C)C(=O)C(Cc1cc2ccccc2[nH]1)NC(=O)OCC. The number of rotatable bonds is 6. The second kappa shape index (κ2) is 6.93. The lowest BCUT2D eigenvalue weighted by molar-refractivity contribution is -0.117. The van der Waals surface area contributed by atoms with E-state index in [1.54, 1.807) is 13.8 Å². The maximum atomic E-state index is 12.2. The number of H-pyrrole nitrogens is 1. The Morgan fingerprint density at radius 3 is 2.73 bits per heavy atom. The fourth-order valence-electron chi connectivity index (χ4n) is 2.29. The zero-order valence-electron chi connectivity index (χ0n) is 12.8. The van der Waals surface area contributed by atoms with E-state index in [1.165, 1.54) is 0 Å². The van der Waals surface area contributed by atoms with E-state index in [0.29, 0.717) is 12.0 Å². The summed E-state index contributed by atoms with van der Waals surface area (Å²) in [6.45, 7) is 7.27. The van der Waals surface area contributed by atoms with Gasteiger partial charge in [0, 0.05) is 17.6 Å². The first kappa shape index (κ1) is 15.8. The van der Waals surface area contributed by atoms with Crippen molar-refractivity contribution in [2.24, 2.45) is 0 Å². The van der Waals surface area contributed by atoms with Gasteiger partial charge in [-0.25, -0.2) is 4.79 Å². The molecular weight excluding hydrogens is 280 g/mol. The highest BCUT2D eigenvalue weighted by atomic mass is 16.5. The molecule has 1 unspecified atom stereocenters. The summed E-state index contributed by atoms with van der Waals surface area (Å²) in [7, 11) is 0. The van der Waals surface area contributed by atoms with Gasteiger partial charge in [0.2, 0.25) is 0 Å². The van der Waals surface area contributed by atoms with Crippen LogP contribution in [0.5, 0.6) is 0 Å². The standard InChI is InChI=1S/C17H20N2O3/c1-4-22-17(21)19-15(16(20)11(2)3)10-13-9-12-7-5-6-8-14(12)18-13/h5-9,15,18H,2,4,10H2,1,3H3,(H,19,21). The van der Waals surface area contributed by atoms with Crippen LogP contribution in [0, 0.1) is 0 Å². The Hall–Kier alpha value is -2.56. The Labute approximate surface area is 129 Å². The van der Waals surface area contributed by atoms with Gasteiger partial charge in [0.15, 0.2) is 5.78 Å². The van der Waals surface area contributed by atoms with Crippen LogP contribution in [0.15, 0.2) is 42.5 Å². The van der Waals surface area contributed by atoms with Crippen molar-refractivity contribution in [1.29, 1.82) is 0 Å². The molecule has 5 heteroatoms. The van der Waals surface area contributed by atoms with Gasteiger partial charge in [-0.05, 0) is 36.9 Å². The van der Waals surface area contributed by atoms with Crippen LogP contribution in [0.4, 0.5) is 4.79 Å². The second-order valence-corrected chi connectivity index (χ2v) is 5.15. The molecule has 0 aliphatic carbocycles. The summed E-state index contributed by atoms with van der Waals surface area (Å²) in [5, 5.41) is 3.67. The van der Waals surface area contributed by atoms with Gasteiger partial charge in [-0.1, -0.05) is 24.8 Å².